The third-order valence-electron chi connectivity index (χ3n) is 5.13. The van der Waals surface area contributed by atoms with Crippen molar-refractivity contribution in [3.63, 3.8) is 0 Å². The van der Waals surface area contributed by atoms with Gasteiger partial charge in [-0.3, -0.25) is 10.1 Å². The number of nitrogens with one attached hydrogen (secondary N) is 1. The number of nitro groups is 1. The Labute approximate surface area is 146 Å². The Morgan fingerprint density at radius 2 is 2.00 bits per heavy atom. The summed E-state index contributed by atoms with van der Waals surface area (Å²) in [6.07, 6.45) is 5.32. The zero-order valence-electron chi connectivity index (χ0n) is 14.0. The predicted molar refractivity (Wildman–Crippen MR) is 97.1 cm³/mol. The molecule has 5 heteroatoms. The highest BCUT2D eigenvalue weighted by Gasteiger charge is 2.41. The van der Waals surface area contributed by atoms with Crippen molar-refractivity contribution >= 4 is 11.4 Å². The molecule has 5 nitrogen and oxygen atoms in total. The van der Waals surface area contributed by atoms with Gasteiger partial charge < -0.3 is 10.1 Å². The first-order valence-electron chi connectivity index (χ1n) is 8.63. The Bertz CT molecular complexity index is 847. The van der Waals surface area contributed by atoms with E-state index >= 15 is 0 Å². The Hall–Kier alpha value is -2.82. The zero-order valence-corrected chi connectivity index (χ0v) is 14.0. The molecule has 0 bridgehead atoms. The van der Waals surface area contributed by atoms with E-state index in [1.54, 1.807) is 12.1 Å². The summed E-state index contributed by atoms with van der Waals surface area (Å²) < 4.78 is 5.81. The molecule has 2 aliphatic rings. The Morgan fingerprint density at radius 3 is 2.80 bits per heavy atom. The zero-order chi connectivity index (χ0) is 17.4. The Morgan fingerprint density at radius 1 is 1.20 bits per heavy atom. The number of allylic oxidation sites excluding steroid dienone is 2. The van der Waals surface area contributed by atoms with Crippen LogP contribution in [0.3, 0.4) is 0 Å². The van der Waals surface area contributed by atoms with E-state index in [0.717, 1.165) is 23.3 Å². The maximum Gasteiger partial charge on any atom is 0.292 e. The summed E-state index contributed by atoms with van der Waals surface area (Å²) in [6.45, 7) is 2.55. The standard InChI is InChI=1S/C20H20N2O3/c1-2-25-18-12-4-3-7-16(18)19-14-9-5-8-13(14)15-10-6-11-17(22(23)24)20(15)21-19/h3-8,10-14,19,21H,2,9H2,1H3. The molecule has 25 heavy (non-hydrogen) atoms. The van der Waals surface area contributed by atoms with E-state index in [0.29, 0.717) is 18.2 Å². The number of ether oxygens (including phenoxy) is 1. The van der Waals surface area contributed by atoms with Crippen molar-refractivity contribution in [1.82, 2.24) is 0 Å². The lowest BCUT2D eigenvalue weighted by Gasteiger charge is -2.37. The van der Waals surface area contributed by atoms with E-state index in [2.05, 4.69) is 23.5 Å². The predicted octanol–water partition coefficient (Wildman–Crippen LogP) is 4.82. The molecule has 1 N–H and O–H groups in total. The molecule has 0 fully saturated rings. The van der Waals surface area contributed by atoms with Crippen molar-refractivity contribution in [3.05, 3.63) is 75.9 Å². The minimum Gasteiger partial charge on any atom is -0.494 e. The lowest BCUT2D eigenvalue weighted by atomic mass is 9.76. The number of fused-ring (bicyclic) bond motifs is 3. The molecule has 0 aromatic heterocycles. The highest BCUT2D eigenvalue weighted by molar-refractivity contribution is 5.71. The molecule has 128 valence electrons. The fraction of sp³-hybridized carbons (Fsp3) is 0.300. The maximum absolute atomic E-state index is 11.5. The van der Waals surface area contributed by atoms with Crippen molar-refractivity contribution in [3.8, 4) is 5.75 Å². The minimum atomic E-state index is -0.309. The second-order valence-corrected chi connectivity index (χ2v) is 6.44. The summed E-state index contributed by atoms with van der Waals surface area (Å²) in [5.74, 6) is 1.36. The van der Waals surface area contributed by atoms with Gasteiger partial charge in [-0.15, -0.1) is 0 Å². The lowest BCUT2D eigenvalue weighted by Crippen LogP contribution is -2.30. The summed E-state index contributed by atoms with van der Waals surface area (Å²) >= 11 is 0. The topological polar surface area (TPSA) is 64.4 Å². The van der Waals surface area contributed by atoms with Crippen LogP contribution >= 0.6 is 0 Å². The van der Waals surface area contributed by atoms with Gasteiger partial charge in [0.2, 0.25) is 0 Å². The van der Waals surface area contributed by atoms with Gasteiger partial charge in [-0.2, -0.15) is 0 Å². The van der Waals surface area contributed by atoms with E-state index in [1.165, 1.54) is 0 Å². The average molecular weight is 336 g/mol. The van der Waals surface area contributed by atoms with Crippen LogP contribution in [0.25, 0.3) is 0 Å². The van der Waals surface area contributed by atoms with Crippen LogP contribution in [-0.4, -0.2) is 11.5 Å². The molecule has 3 atom stereocenters. The fourth-order valence-electron chi connectivity index (χ4n) is 4.09. The highest BCUT2D eigenvalue weighted by Crippen LogP contribution is 2.53. The maximum atomic E-state index is 11.5. The lowest BCUT2D eigenvalue weighted by molar-refractivity contribution is -0.384. The van der Waals surface area contributed by atoms with Gasteiger partial charge in [-0.1, -0.05) is 42.5 Å². The monoisotopic (exact) mass is 336 g/mol. The molecular formula is C20H20N2O3. The molecule has 0 saturated heterocycles. The molecule has 2 aromatic rings. The quantitative estimate of drug-likeness (QED) is 0.494. The van der Waals surface area contributed by atoms with Crippen molar-refractivity contribution in [2.24, 2.45) is 5.92 Å². The summed E-state index contributed by atoms with van der Waals surface area (Å²) in [4.78, 5) is 11.2. The number of para-hydroxylation sites is 2. The first kappa shape index (κ1) is 15.7. The van der Waals surface area contributed by atoms with E-state index in [-0.39, 0.29) is 22.6 Å². The first-order valence-corrected chi connectivity index (χ1v) is 8.63. The van der Waals surface area contributed by atoms with Gasteiger partial charge in [0.05, 0.1) is 17.6 Å². The number of benzene rings is 2. The third kappa shape index (κ3) is 2.56. The van der Waals surface area contributed by atoms with Gasteiger partial charge in [0.15, 0.2) is 0 Å². The summed E-state index contributed by atoms with van der Waals surface area (Å²) in [7, 11) is 0. The van der Waals surface area contributed by atoms with Crippen molar-refractivity contribution in [2.45, 2.75) is 25.3 Å². The van der Waals surface area contributed by atoms with Crippen LogP contribution in [0.2, 0.25) is 0 Å². The van der Waals surface area contributed by atoms with Gasteiger partial charge in [0, 0.05) is 17.5 Å². The smallest absolute Gasteiger partial charge is 0.292 e. The molecule has 0 amide bonds. The first-order chi connectivity index (χ1) is 12.2. The largest absolute Gasteiger partial charge is 0.494 e. The normalized spacial score (nSPS) is 23.5. The van der Waals surface area contributed by atoms with Gasteiger partial charge in [0.25, 0.3) is 5.69 Å². The van der Waals surface area contributed by atoms with Crippen LogP contribution in [0.15, 0.2) is 54.6 Å². The molecule has 0 radical (unpaired) electrons. The van der Waals surface area contributed by atoms with Crippen LogP contribution < -0.4 is 10.1 Å². The number of nitrogens with zero attached hydrogens (tertiary/aromatic N) is 1. The van der Waals surface area contributed by atoms with Crippen LogP contribution in [0.5, 0.6) is 5.75 Å². The number of hydrogen-bond donors (Lipinski definition) is 1. The number of anilines is 1. The van der Waals surface area contributed by atoms with E-state index < -0.39 is 0 Å². The van der Waals surface area contributed by atoms with Crippen molar-refractivity contribution in [2.75, 3.05) is 11.9 Å². The molecule has 0 saturated carbocycles. The molecule has 1 aliphatic heterocycles. The van der Waals surface area contributed by atoms with Gasteiger partial charge in [-0.05, 0) is 30.9 Å². The molecule has 0 spiro atoms. The van der Waals surface area contributed by atoms with Gasteiger partial charge in [0.1, 0.15) is 11.4 Å². The molecule has 2 aromatic carbocycles. The molecule has 3 unspecified atom stereocenters. The molecule has 1 aliphatic carbocycles. The fourth-order valence-corrected chi connectivity index (χ4v) is 4.09. The van der Waals surface area contributed by atoms with Crippen LogP contribution in [0.4, 0.5) is 11.4 Å². The van der Waals surface area contributed by atoms with Gasteiger partial charge >= 0.3 is 0 Å². The third-order valence-corrected chi connectivity index (χ3v) is 5.13. The Kier molecular flexibility index (Phi) is 3.92. The molecule has 1 heterocycles. The number of rotatable bonds is 4. The van der Waals surface area contributed by atoms with E-state index in [9.17, 15) is 10.1 Å². The van der Waals surface area contributed by atoms with Crippen LogP contribution in [0, 0.1) is 16.0 Å². The average Bonchev–Trinajstić information content (AvgIpc) is 3.11. The second kappa shape index (κ2) is 6.24. The summed E-state index contributed by atoms with van der Waals surface area (Å²) in [6, 6.07) is 13.3. The highest BCUT2D eigenvalue weighted by atomic mass is 16.6. The van der Waals surface area contributed by atoms with Gasteiger partial charge in [-0.25, -0.2) is 0 Å². The summed E-state index contributed by atoms with van der Waals surface area (Å²) in [5, 5.41) is 15.0. The number of nitro benzene ring substituents is 1. The van der Waals surface area contributed by atoms with Crippen molar-refractivity contribution < 1.29 is 9.66 Å². The van der Waals surface area contributed by atoms with Crippen molar-refractivity contribution in [1.29, 1.82) is 0 Å². The molecular weight excluding hydrogens is 316 g/mol. The van der Waals surface area contributed by atoms with E-state index in [1.807, 2.05) is 31.2 Å². The summed E-state index contributed by atoms with van der Waals surface area (Å²) in [5.41, 5.74) is 2.84. The minimum absolute atomic E-state index is 0.0173. The van der Waals surface area contributed by atoms with Crippen LogP contribution in [-0.2, 0) is 0 Å². The van der Waals surface area contributed by atoms with Crippen LogP contribution in [0.1, 0.15) is 36.4 Å². The number of hydrogen-bond acceptors (Lipinski definition) is 4. The molecule has 4 rings (SSSR count). The van der Waals surface area contributed by atoms with E-state index in [4.69, 9.17) is 4.74 Å². The SMILES string of the molecule is CCOc1ccccc1C1Nc2c(cccc2[N+](=O)[O-])C2C=CCC21. The Balaban J connectivity index is 1.83. The second-order valence-electron chi connectivity index (χ2n) is 6.44.